The van der Waals surface area contributed by atoms with E-state index >= 15 is 0 Å². The van der Waals surface area contributed by atoms with E-state index in [1.807, 2.05) is 5.92 Å². The van der Waals surface area contributed by atoms with Crippen LogP contribution >= 0.6 is 0 Å². The largest absolute Gasteiger partial charge is 0.280 e. The Balaban J connectivity index is 3.66. The highest BCUT2D eigenvalue weighted by atomic mass is 16.1. The van der Waals surface area contributed by atoms with E-state index in [1.54, 1.807) is 13.0 Å². The molecule has 0 aromatic carbocycles. The Morgan fingerprint density at radius 2 is 2.43 bits per heavy atom. The van der Waals surface area contributed by atoms with Gasteiger partial charge in [-0.25, -0.2) is 0 Å². The Kier molecular flexibility index (Phi) is 2.70. The van der Waals surface area contributed by atoms with Crippen molar-refractivity contribution in [3.05, 3.63) is 12.2 Å². The molecule has 7 heavy (non-hydrogen) atoms. The molecule has 0 aliphatic carbocycles. The van der Waals surface area contributed by atoms with Crippen molar-refractivity contribution in [3.8, 4) is 12.3 Å². The zero-order chi connectivity index (χ0) is 5.70. The number of ketones is 1. The molecule has 1 nitrogen and oxygen atoms in total. The molecule has 0 aliphatic rings. The molecule has 1 heteroatoms. The van der Waals surface area contributed by atoms with Crippen LogP contribution in [0.1, 0.15) is 6.92 Å². The fraction of sp³-hybridized carbons (Fsp3) is 0.167. The van der Waals surface area contributed by atoms with E-state index in [2.05, 4.69) is 0 Å². The number of rotatable bonds is 1. The van der Waals surface area contributed by atoms with E-state index in [1.165, 1.54) is 6.08 Å². The SMILES string of the molecule is C#CC(=O)/C=C/C. The molecule has 0 unspecified atom stereocenters. The van der Waals surface area contributed by atoms with Gasteiger partial charge in [0.2, 0.25) is 5.78 Å². The van der Waals surface area contributed by atoms with Crippen LogP contribution < -0.4 is 0 Å². The standard InChI is InChI=1S/C6H6O/c1-3-5-6(7)4-2/h2-3,5H,1H3/b5-3+. The van der Waals surface area contributed by atoms with E-state index in [4.69, 9.17) is 6.42 Å². The molecule has 0 aromatic rings. The summed E-state index contributed by atoms with van der Waals surface area (Å²) in [5.74, 6) is 1.66. The van der Waals surface area contributed by atoms with Gasteiger partial charge in [0.15, 0.2) is 0 Å². The van der Waals surface area contributed by atoms with Crippen molar-refractivity contribution in [1.29, 1.82) is 0 Å². The summed E-state index contributed by atoms with van der Waals surface area (Å²) < 4.78 is 0. The Morgan fingerprint density at radius 1 is 1.86 bits per heavy atom. The molecule has 0 aliphatic heterocycles. The smallest absolute Gasteiger partial charge is 0.228 e. The van der Waals surface area contributed by atoms with Gasteiger partial charge in [-0.05, 0) is 18.9 Å². The second kappa shape index (κ2) is 3.17. The zero-order valence-corrected chi connectivity index (χ0v) is 4.14. The molecule has 0 saturated carbocycles. The van der Waals surface area contributed by atoms with Crippen molar-refractivity contribution in [2.24, 2.45) is 0 Å². The molecule has 0 rings (SSSR count). The summed E-state index contributed by atoms with van der Waals surface area (Å²) in [6.45, 7) is 1.75. The first kappa shape index (κ1) is 5.97. The summed E-state index contributed by atoms with van der Waals surface area (Å²) in [7, 11) is 0. The van der Waals surface area contributed by atoms with Gasteiger partial charge in [0.05, 0.1) is 0 Å². The summed E-state index contributed by atoms with van der Waals surface area (Å²) >= 11 is 0. The highest BCUT2D eigenvalue weighted by Gasteiger charge is 1.79. The first-order valence-corrected chi connectivity index (χ1v) is 1.94. The van der Waals surface area contributed by atoms with Crippen molar-refractivity contribution < 1.29 is 4.79 Å². The van der Waals surface area contributed by atoms with Crippen LogP contribution in [-0.4, -0.2) is 5.78 Å². The van der Waals surface area contributed by atoms with Gasteiger partial charge < -0.3 is 0 Å². The molecule has 0 amide bonds. The van der Waals surface area contributed by atoms with E-state index in [0.717, 1.165) is 0 Å². The molecule has 0 fully saturated rings. The number of carbonyl (C=O) groups is 1. The second-order valence-corrected chi connectivity index (χ2v) is 1.01. The van der Waals surface area contributed by atoms with E-state index in [-0.39, 0.29) is 5.78 Å². The van der Waals surface area contributed by atoms with Crippen LogP contribution in [0.4, 0.5) is 0 Å². The fourth-order valence-electron chi connectivity index (χ4n) is 0.199. The maximum absolute atomic E-state index is 10.1. The summed E-state index contributed by atoms with van der Waals surface area (Å²) in [4.78, 5) is 10.1. The highest BCUT2D eigenvalue weighted by molar-refractivity contribution is 6.03. The third-order valence-corrected chi connectivity index (χ3v) is 0.460. The predicted octanol–water partition coefficient (Wildman–Crippen LogP) is 0.765. The Hall–Kier alpha value is -1.03. The van der Waals surface area contributed by atoms with Gasteiger partial charge in [-0.15, -0.1) is 6.42 Å². The third-order valence-electron chi connectivity index (χ3n) is 0.460. The zero-order valence-electron chi connectivity index (χ0n) is 4.14. The van der Waals surface area contributed by atoms with E-state index in [9.17, 15) is 4.79 Å². The number of carbonyl (C=O) groups excluding carboxylic acids is 1. The van der Waals surface area contributed by atoms with Crippen LogP contribution in [-0.2, 0) is 4.79 Å². The molecule has 0 bridgehead atoms. The van der Waals surface area contributed by atoms with Crippen LogP contribution in [0.25, 0.3) is 0 Å². The lowest BCUT2D eigenvalue weighted by Gasteiger charge is -1.68. The maximum Gasteiger partial charge on any atom is 0.228 e. The predicted molar refractivity (Wildman–Crippen MR) is 28.7 cm³/mol. The molecular weight excluding hydrogens is 88.1 g/mol. The Labute approximate surface area is 43.0 Å². The van der Waals surface area contributed by atoms with Crippen LogP contribution in [0.2, 0.25) is 0 Å². The topological polar surface area (TPSA) is 17.1 Å². The first-order valence-electron chi connectivity index (χ1n) is 1.94. The molecule has 36 valence electrons. The lowest BCUT2D eigenvalue weighted by molar-refractivity contribution is -0.109. The highest BCUT2D eigenvalue weighted by Crippen LogP contribution is 1.69. The van der Waals surface area contributed by atoms with Crippen LogP contribution in [0, 0.1) is 12.3 Å². The number of hydrogen-bond acceptors (Lipinski definition) is 1. The molecule has 0 spiro atoms. The third kappa shape index (κ3) is 2.78. The van der Waals surface area contributed by atoms with Gasteiger partial charge in [-0.2, -0.15) is 0 Å². The van der Waals surface area contributed by atoms with Crippen LogP contribution in [0.5, 0.6) is 0 Å². The van der Waals surface area contributed by atoms with E-state index < -0.39 is 0 Å². The van der Waals surface area contributed by atoms with Crippen molar-refractivity contribution >= 4 is 5.78 Å². The molecule has 0 radical (unpaired) electrons. The minimum Gasteiger partial charge on any atom is -0.280 e. The van der Waals surface area contributed by atoms with Crippen molar-refractivity contribution in [2.75, 3.05) is 0 Å². The van der Waals surface area contributed by atoms with Crippen molar-refractivity contribution in [3.63, 3.8) is 0 Å². The molecule has 0 saturated heterocycles. The fourth-order valence-corrected chi connectivity index (χ4v) is 0.199. The number of hydrogen-bond donors (Lipinski definition) is 0. The monoisotopic (exact) mass is 94.0 g/mol. The number of terminal acetylenes is 1. The summed E-state index contributed by atoms with van der Waals surface area (Å²) in [6.07, 6.45) is 7.67. The summed E-state index contributed by atoms with van der Waals surface area (Å²) in [5.41, 5.74) is 0. The Morgan fingerprint density at radius 3 is 2.57 bits per heavy atom. The minimum absolute atomic E-state index is 0.275. The van der Waals surface area contributed by atoms with Gasteiger partial charge in [-0.1, -0.05) is 6.08 Å². The summed E-state index contributed by atoms with van der Waals surface area (Å²) in [5, 5.41) is 0. The Bertz CT molecular complexity index is 126. The molecular formula is C6H6O. The van der Waals surface area contributed by atoms with Gasteiger partial charge in [0.1, 0.15) is 0 Å². The van der Waals surface area contributed by atoms with Gasteiger partial charge >= 0.3 is 0 Å². The second-order valence-electron chi connectivity index (χ2n) is 1.01. The molecule has 0 N–H and O–H groups in total. The van der Waals surface area contributed by atoms with Gasteiger partial charge in [-0.3, -0.25) is 4.79 Å². The van der Waals surface area contributed by atoms with Crippen molar-refractivity contribution in [2.45, 2.75) is 6.92 Å². The molecule has 0 atom stereocenters. The van der Waals surface area contributed by atoms with E-state index in [0.29, 0.717) is 0 Å². The first-order chi connectivity index (χ1) is 3.31. The molecule has 0 heterocycles. The normalized spacial score (nSPS) is 8.57. The van der Waals surface area contributed by atoms with Crippen LogP contribution in [0.3, 0.4) is 0 Å². The quantitative estimate of drug-likeness (QED) is 0.266. The van der Waals surface area contributed by atoms with Gasteiger partial charge in [0, 0.05) is 0 Å². The lowest BCUT2D eigenvalue weighted by atomic mass is 10.4. The number of allylic oxidation sites excluding steroid dienone is 2. The minimum atomic E-state index is -0.275. The molecule has 0 aromatic heterocycles. The van der Waals surface area contributed by atoms with Crippen molar-refractivity contribution in [1.82, 2.24) is 0 Å². The van der Waals surface area contributed by atoms with Crippen LogP contribution in [0.15, 0.2) is 12.2 Å². The van der Waals surface area contributed by atoms with Gasteiger partial charge in [0.25, 0.3) is 0 Å². The maximum atomic E-state index is 10.1. The lowest BCUT2D eigenvalue weighted by Crippen LogP contribution is -1.81. The average Bonchev–Trinajstić information content (AvgIpc) is 1.68. The summed E-state index contributed by atoms with van der Waals surface area (Å²) in [6, 6.07) is 0. The average molecular weight is 94.1 g/mol.